The molecule has 0 aromatic carbocycles. The number of amides is 1. The van der Waals surface area contributed by atoms with E-state index in [1.165, 1.54) is 6.07 Å². The summed E-state index contributed by atoms with van der Waals surface area (Å²) < 4.78 is 15.8. The largest absolute Gasteiger partial charge is 0.352 e. The molecule has 2 aromatic heterocycles. The summed E-state index contributed by atoms with van der Waals surface area (Å²) in [6.07, 6.45) is 5.19. The summed E-state index contributed by atoms with van der Waals surface area (Å²) in [4.78, 5) is 20.8. The molecule has 1 aliphatic heterocycles. The maximum Gasteiger partial charge on any atom is 0.257 e. The molecule has 0 atom stereocenters. The number of aromatic nitrogens is 3. The number of nitrogens with zero attached hydrogens (tertiary/aromatic N) is 5. The van der Waals surface area contributed by atoms with Gasteiger partial charge in [-0.1, -0.05) is 6.92 Å². The summed E-state index contributed by atoms with van der Waals surface area (Å²) in [6.45, 7) is 7.22. The Morgan fingerprint density at radius 1 is 1.28 bits per heavy atom. The number of pyridine rings is 1. The zero-order chi connectivity index (χ0) is 17.8. The molecule has 25 heavy (non-hydrogen) atoms. The normalized spacial score (nSPS) is 15.3. The third-order valence-electron chi connectivity index (χ3n) is 4.45. The van der Waals surface area contributed by atoms with Crippen LogP contribution < -0.4 is 4.90 Å². The van der Waals surface area contributed by atoms with Gasteiger partial charge in [-0.05, 0) is 31.9 Å². The van der Waals surface area contributed by atoms with Crippen LogP contribution in [0.15, 0.2) is 24.5 Å². The highest BCUT2D eigenvalue weighted by Crippen LogP contribution is 2.18. The minimum atomic E-state index is -0.320. The molecule has 0 spiro atoms. The van der Waals surface area contributed by atoms with Crippen LogP contribution in [0.5, 0.6) is 0 Å². The molecule has 7 heteroatoms. The molecule has 0 aliphatic carbocycles. The Kier molecular flexibility index (Phi) is 5.31. The zero-order valence-electron chi connectivity index (χ0n) is 14.8. The van der Waals surface area contributed by atoms with Gasteiger partial charge >= 0.3 is 0 Å². The fourth-order valence-electron chi connectivity index (χ4n) is 3.18. The van der Waals surface area contributed by atoms with E-state index >= 15 is 0 Å². The quantitative estimate of drug-likeness (QED) is 0.854. The van der Waals surface area contributed by atoms with Crippen LogP contribution in [0, 0.1) is 12.7 Å². The lowest BCUT2D eigenvalue weighted by Crippen LogP contribution is -2.35. The number of hydrogen-bond acceptors (Lipinski definition) is 4. The molecule has 6 nitrogen and oxygen atoms in total. The van der Waals surface area contributed by atoms with Crippen molar-refractivity contribution in [3.63, 3.8) is 0 Å². The van der Waals surface area contributed by atoms with Gasteiger partial charge in [-0.25, -0.2) is 9.37 Å². The molecular formula is C18H24FN5O. The fourth-order valence-corrected chi connectivity index (χ4v) is 3.18. The van der Waals surface area contributed by atoms with Crippen molar-refractivity contribution in [3.05, 3.63) is 41.6 Å². The van der Waals surface area contributed by atoms with Gasteiger partial charge in [0.05, 0.1) is 11.3 Å². The summed E-state index contributed by atoms with van der Waals surface area (Å²) in [5.74, 6) is 0.0471. The molecule has 3 rings (SSSR count). The molecule has 2 aromatic rings. The average Bonchev–Trinajstić information content (AvgIpc) is 2.82. The van der Waals surface area contributed by atoms with Crippen LogP contribution in [0.2, 0.25) is 0 Å². The van der Waals surface area contributed by atoms with E-state index in [0.29, 0.717) is 37.6 Å². The van der Waals surface area contributed by atoms with Gasteiger partial charge in [0.15, 0.2) is 11.6 Å². The van der Waals surface area contributed by atoms with Gasteiger partial charge in [-0.3, -0.25) is 9.48 Å². The van der Waals surface area contributed by atoms with E-state index in [2.05, 4.69) is 17.0 Å². The summed E-state index contributed by atoms with van der Waals surface area (Å²) in [6, 6.07) is 3.00. The maximum atomic E-state index is 14.0. The molecule has 1 fully saturated rings. The molecule has 0 bridgehead atoms. The van der Waals surface area contributed by atoms with Gasteiger partial charge in [-0.2, -0.15) is 5.10 Å². The SMILES string of the molecule is CCCn1cc(C(=O)N2CCCN(c3ncccc3F)CC2)c(C)n1. The predicted molar refractivity (Wildman–Crippen MR) is 94.2 cm³/mol. The highest BCUT2D eigenvalue weighted by Gasteiger charge is 2.24. The van der Waals surface area contributed by atoms with E-state index in [1.54, 1.807) is 12.3 Å². The van der Waals surface area contributed by atoms with E-state index in [-0.39, 0.29) is 11.7 Å². The topological polar surface area (TPSA) is 54.3 Å². The molecular weight excluding hydrogens is 321 g/mol. The minimum absolute atomic E-state index is 0.00296. The molecule has 1 aliphatic rings. The van der Waals surface area contributed by atoms with Crippen molar-refractivity contribution in [2.45, 2.75) is 33.2 Å². The van der Waals surface area contributed by atoms with Crippen LogP contribution in [0.4, 0.5) is 10.2 Å². The number of carbonyl (C=O) groups is 1. The van der Waals surface area contributed by atoms with Crippen LogP contribution in [0.3, 0.4) is 0 Å². The number of halogens is 1. The molecule has 1 amide bonds. The first kappa shape index (κ1) is 17.4. The second-order valence-corrected chi connectivity index (χ2v) is 6.33. The lowest BCUT2D eigenvalue weighted by molar-refractivity contribution is 0.0766. The van der Waals surface area contributed by atoms with Crippen LogP contribution in [-0.2, 0) is 6.54 Å². The van der Waals surface area contributed by atoms with Crippen LogP contribution in [-0.4, -0.2) is 51.8 Å². The average molecular weight is 345 g/mol. The minimum Gasteiger partial charge on any atom is -0.352 e. The first-order chi connectivity index (χ1) is 12.1. The maximum absolute atomic E-state index is 14.0. The van der Waals surface area contributed by atoms with E-state index in [0.717, 1.165) is 25.1 Å². The van der Waals surface area contributed by atoms with Crippen molar-refractivity contribution >= 4 is 11.7 Å². The van der Waals surface area contributed by atoms with E-state index < -0.39 is 0 Å². The van der Waals surface area contributed by atoms with Crippen molar-refractivity contribution in [2.24, 2.45) is 0 Å². The van der Waals surface area contributed by atoms with Gasteiger partial charge in [0.1, 0.15) is 0 Å². The highest BCUT2D eigenvalue weighted by atomic mass is 19.1. The smallest absolute Gasteiger partial charge is 0.257 e. The fraction of sp³-hybridized carbons (Fsp3) is 0.500. The second kappa shape index (κ2) is 7.63. The molecule has 0 radical (unpaired) electrons. The molecule has 0 N–H and O–H groups in total. The van der Waals surface area contributed by atoms with Crippen molar-refractivity contribution < 1.29 is 9.18 Å². The lowest BCUT2D eigenvalue weighted by atomic mass is 10.2. The zero-order valence-corrected chi connectivity index (χ0v) is 14.8. The summed E-state index contributed by atoms with van der Waals surface area (Å²) >= 11 is 0. The van der Waals surface area contributed by atoms with Crippen LogP contribution >= 0.6 is 0 Å². The first-order valence-corrected chi connectivity index (χ1v) is 8.79. The number of anilines is 1. The van der Waals surface area contributed by atoms with Crippen molar-refractivity contribution in [1.82, 2.24) is 19.7 Å². The van der Waals surface area contributed by atoms with Gasteiger partial charge in [-0.15, -0.1) is 0 Å². The Bertz CT molecular complexity index is 745. The molecule has 3 heterocycles. The Morgan fingerprint density at radius 3 is 2.88 bits per heavy atom. The standard InChI is InChI=1S/C18H24FN5O/c1-3-8-24-13-15(14(2)21-24)18(25)23-10-5-9-22(11-12-23)17-16(19)6-4-7-20-17/h4,6-7,13H,3,5,8-12H2,1-2H3. The van der Waals surface area contributed by atoms with Gasteiger partial charge in [0.25, 0.3) is 5.91 Å². The number of aryl methyl sites for hydroxylation is 2. The van der Waals surface area contributed by atoms with Crippen LogP contribution in [0.25, 0.3) is 0 Å². The Morgan fingerprint density at radius 2 is 2.12 bits per heavy atom. The van der Waals surface area contributed by atoms with E-state index in [1.807, 2.05) is 27.6 Å². The van der Waals surface area contributed by atoms with Gasteiger partial charge < -0.3 is 9.80 Å². The van der Waals surface area contributed by atoms with Crippen molar-refractivity contribution in [2.75, 3.05) is 31.1 Å². The van der Waals surface area contributed by atoms with Gasteiger partial charge in [0, 0.05) is 45.1 Å². The second-order valence-electron chi connectivity index (χ2n) is 6.33. The van der Waals surface area contributed by atoms with Crippen molar-refractivity contribution in [1.29, 1.82) is 0 Å². The Labute approximate surface area is 147 Å². The third kappa shape index (κ3) is 3.81. The third-order valence-corrected chi connectivity index (χ3v) is 4.45. The Hall–Kier alpha value is -2.44. The van der Waals surface area contributed by atoms with E-state index in [9.17, 15) is 9.18 Å². The lowest BCUT2D eigenvalue weighted by Gasteiger charge is -2.23. The molecule has 1 saturated heterocycles. The van der Waals surface area contributed by atoms with E-state index in [4.69, 9.17) is 0 Å². The highest BCUT2D eigenvalue weighted by molar-refractivity contribution is 5.95. The summed E-state index contributed by atoms with van der Waals surface area (Å²) in [5.41, 5.74) is 1.42. The first-order valence-electron chi connectivity index (χ1n) is 8.79. The summed E-state index contributed by atoms with van der Waals surface area (Å²) in [5, 5.41) is 4.41. The monoisotopic (exact) mass is 345 g/mol. The van der Waals surface area contributed by atoms with Gasteiger partial charge in [0.2, 0.25) is 0 Å². The number of rotatable bonds is 4. The number of hydrogen-bond donors (Lipinski definition) is 0. The summed E-state index contributed by atoms with van der Waals surface area (Å²) in [7, 11) is 0. The Balaban J connectivity index is 1.70. The predicted octanol–water partition coefficient (Wildman–Crippen LogP) is 2.49. The molecule has 0 saturated carbocycles. The number of carbonyl (C=O) groups excluding carboxylic acids is 1. The van der Waals surface area contributed by atoms with Crippen LogP contribution in [0.1, 0.15) is 35.8 Å². The van der Waals surface area contributed by atoms with Crippen molar-refractivity contribution in [3.8, 4) is 0 Å². The molecule has 0 unspecified atom stereocenters. The molecule has 134 valence electrons.